The summed E-state index contributed by atoms with van der Waals surface area (Å²) in [7, 11) is 0. The monoisotopic (exact) mass is 291 g/mol. The molecule has 20 heavy (non-hydrogen) atoms. The molecule has 0 radical (unpaired) electrons. The van der Waals surface area contributed by atoms with E-state index in [0.29, 0.717) is 23.8 Å². The Morgan fingerprint density at radius 2 is 1.90 bits per heavy atom. The van der Waals surface area contributed by atoms with E-state index in [9.17, 15) is 0 Å². The molecular formula is C16H18ClNO2. The Morgan fingerprint density at radius 3 is 2.55 bits per heavy atom. The molecule has 2 rings (SSSR count). The lowest BCUT2D eigenvalue weighted by Gasteiger charge is -2.14. The molecule has 2 aromatic carbocycles. The first-order valence-corrected chi connectivity index (χ1v) is 6.91. The molecule has 4 heteroatoms. The molecule has 0 aliphatic rings. The van der Waals surface area contributed by atoms with Crippen LogP contribution >= 0.6 is 11.6 Å². The Balaban J connectivity index is 2.02. The normalized spacial score (nSPS) is 12.2. The third-order valence-corrected chi connectivity index (χ3v) is 3.39. The van der Waals surface area contributed by atoms with Gasteiger partial charge in [-0.3, -0.25) is 0 Å². The van der Waals surface area contributed by atoms with Crippen molar-refractivity contribution >= 4 is 11.6 Å². The van der Waals surface area contributed by atoms with E-state index >= 15 is 0 Å². The second-order valence-electron chi connectivity index (χ2n) is 4.58. The van der Waals surface area contributed by atoms with Gasteiger partial charge in [0.25, 0.3) is 0 Å². The minimum Gasteiger partial charge on any atom is -0.489 e. The van der Waals surface area contributed by atoms with E-state index in [-0.39, 0.29) is 12.6 Å². The molecule has 0 aromatic heterocycles. The van der Waals surface area contributed by atoms with Gasteiger partial charge in [-0.1, -0.05) is 48.0 Å². The third-order valence-electron chi connectivity index (χ3n) is 3.06. The number of ether oxygens (including phenoxy) is 1. The van der Waals surface area contributed by atoms with E-state index < -0.39 is 0 Å². The van der Waals surface area contributed by atoms with Gasteiger partial charge in [0, 0.05) is 17.7 Å². The maximum atomic E-state index is 8.91. The molecule has 0 bridgehead atoms. The summed E-state index contributed by atoms with van der Waals surface area (Å²) < 4.78 is 5.69. The summed E-state index contributed by atoms with van der Waals surface area (Å²) in [5.74, 6) is 0.707. The predicted molar refractivity (Wildman–Crippen MR) is 80.9 cm³/mol. The molecule has 0 heterocycles. The molecule has 0 amide bonds. The summed E-state index contributed by atoms with van der Waals surface area (Å²) in [5.41, 5.74) is 7.86. The lowest BCUT2D eigenvalue weighted by atomic mass is 10.0. The molecule has 0 saturated heterocycles. The Labute approximate surface area is 123 Å². The number of halogens is 1. The molecule has 3 N–H and O–H groups in total. The van der Waals surface area contributed by atoms with Crippen molar-refractivity contribution < 1.29 is 9.84 Å². The van der Waals surface area contributed by atoms with Crippen LogP contribution in [0.2, 0.25) is 5.02 Å². The first-order chi connectivity index (χ1) is 9.70. The largest absolute Gasteiger partial charge is 0.489 e. The Kier molecular flexibility index (Phi) is 5.41. The number of benzene rings is 2. The van der Waals surface area contributed by atoms with Crippen LogP contribution in [-0.4, -0.2) is 11.7 Å². The van der Waals surface area contributed by atoms with Crippen LogP contribution < -0.4 is 10.5 Å². The van der Waals surface area contributed by atoms with Crippen LogP contribution in [0.4, 0.5) is 0 Å². The van der Waals surface area contributed by atoms with Gasteiger partial charge in [-0.05, 0) is 29.7 Å². The van der Waals surface area contributed by atoms with Crippen molar-refractivity contribution in [2.75, 3.05) is 6.61 Å². The topological polar surface area (TPSA) is 55.5 Å². The number of hydrogen-bond acceptors (Lipinski definition) is 3. The van der Waals surface area contributed by atoms with Crippen LogP contribution in [-0.2, 0) is 6.61 Å². The fraction of sp³-hybridized carbons (Fsp3) is 0.250. The van der Waals surface area contributed by atoms with Crippen molar-refractivity contribution in [1.29, 1.82) is 0 Å². The zero-order valence-corrected chi connectivity index (χ0v) is 11.9. The smallest absolute Gasteiger partial charge is 0.121 e. The zero-order valence-electron chi connectivity index (χ0n) is 11.1. The van der Waals surface area contributed by atoms with E-state index in [1.807, 2.05) is 42.5 Å². The molecule has 3 nitrogen and oxygen atoms in total. The molecule has 2 aromatic rings. The molecule has 0 aliphatic carbocycles. The summed E-state index contributed by atoms with van der Waals surface area (Å²) in [6, 6.07) is 15.1. The average Bonchev–Trinajstić information content (AvgIpc) is 2.46. The average molecular weight is 292 g/mol. The summed E-state index contributed by atoms with van der Waals surface area (Å²) in [6.07, 6.45) is 0.490. The Bertz CT molecular complexity index is 545. The highest BCUT2D eigenvalue weighted by Gasteiger charge is 2.10. The molecular weight excluding hydrogens is 274 g/mol. The van der Waals surface area contributed by atoms with Gasteiger partial charge >= 0.3 is 0 Å². The molecule has 106 valence electrons. The molecule has 0 saturated carbocycles. The van der Waals surface area contributed by atoms with Crippen molar-refractivity contribution in [2.45, 2.75) is 19.1 Å². The molecule has 0 aliphatic heterocycles. The molecule has 0 fully saturated rings. The lowest BCUT2D eigenvalue weighted by molar-refractivity contribution is 0.276. The Morgan fingerprint density at radius 1 is 1.15 bits per heavy atom. The molecule has 0 spiro atoms. The van der Waals surface area contributed by atoms with Crippen molar-refractivity contribution in [3.8, 4) is 5.75 Å². The van der Waals surface area contributed by atoms with Gasteiger partial charge in [-0.25, -0.2) is 0 Å². The highest BCUT2D eigenvalue weighted by Crippen LogP contribution is 2.28. The maximum absolute atomic E-state index is 8.91. The van der Waals surface area contributed by atoms with Gasteiger partial charge in [0.15, 0.2) is 0 Å². The van der Waals surface area contributed by atoms with Gasteiger partial charge in [-0.2, -0.15) is 0 Å². The van der Waals surface area contributed by atoms with Gasteiger partial charge in [0.05, 0.1) is 0 Å². The summed E-state index contributed by atoms with van der Waals surface area (Å²) in [5, 5.41) is 9.47. The molecule has 1 unspecified atom stereocenters. The number of rotatable bonds is 6. The van der Waals surface area contributed by atoms with Gasteiger partial charge < -0.3 is 15.6 Å². The van der Waals surface area contributed by atoms with Gasteiger partial charge in [-0.15, -0.1) is 0 Å². The second-order valence-corrected chi connectivity index (χ2v) is 4.98. The first kappa shape index (κ1) is 14.9. The van der Waals surface area contributed by atoms with Crippen LogP contribution in [0.1, 0.15) is 23.6 Å². The van der Waals surface area contributed by atoms with Crippen LogP contribution in [0.5, 0.6) is 5.75 Å². The lowest BCUT2D eigenvalue weighted by Crippen LogP contribution is -2.12. The van der Waals surface area contributed by atoms with Crippen molar-refractivity contribution in [1.82, 2.24) is 0 Å². The van der Waals surface area contributed by atoms with E-state index in [0.717, 1.165) is 11.1 Å². The summed E-state index contributed by atoms with van der Waals surface area (Å²) in [4.78, 5) is 0. The fourth-order valence-corrected chi connectivity index (χ4v) is 2.24. The van der Waals surface area contributed by atoms with Crippen LogP contribution in [0.3, 0.4) is 0 Å². The highest BCUT2D eigenvalue weighted by molar-refractivity contribution is 6.31. The van der Waals surface area contributed by atoms with Crippen molar-refractivity contribution in [3.05, 3.63) is 64.7 Å². The minimum atomic E-state index is -0.254. The van der Waals surface area contributed by atoms with E-state index in [1.165, 1.54) is 0 Å². The van der Waals surface area contributed by atoms with E-state index in [2.05, 4.69) is 0 Å². The van der Waals surface area contributed by atoms with Gasteiger partial charge in [0.2, 0.25) is 0 Å². The number of aliphatic hydroxyl groups excluding tert-OH is 1. The van der Waals surface area contributed by atoms with Crippen LogP contribution in [0.25, 0.3) is 0 Å². The highest BCUT2D eigenvalue weighted by atomic mass is 35.5. The molecule has 1 atom stereocenters. The number of nitrogens with two attached hydrogens (primary N) is 1. The first-order valence-electron chi connectivity index (χ1n) is 6.53. The zero-order chi connectivity index (χ0) is 14.4. The van der Waals surface area contributed by atoms with E-state index in [4.69, 9.17) is 27.2 Å². The van der Waals surface area contributed by atoms with Crippen LogP contribution in [0.15, 0.2) is 48.5 Å². The number of hydrogen-bond donors (Lipinski definition) is 2. The standard InChI is InChI=1S/C16H18ClNO2/c17-15-10-13(6-7-14(15)16(18)8-9-19)20-11-12-4-2-1-3-5-12/h1-7,10,16,19H,8-9,11,18H2. The van der Waals surface area contributed by atoms with E-state index in [1.54, 1.807) is 6.07 Å². The predicted octanol–water partition coefficient (Wildman–Crippen LogP) is 3.30. The van der Waals surface area contributed by atoms with Crippen molar-refractivity contribution in [3.63, 3.8) is 0 Å². The van der Waals surface area contributed by atoms with Crippen molar-refractivity contribution in [2.24, 2.45) is 5.73 Å². The summed E-state index contributed by atoms with van der Waals surface area (Å²) >= 11 is 6.20. The van der Waals surface area contributed by atoms with Gasteiger partial charge in [0.1, 0.15) is 12.4 Å². The maximum Gasteiger partial charge on any atom is 0.121 e. The third kappa shape index (κ3) is 3.97. The minimum absolute atomic E-state index is 0.0454. The quantitative estimate of drug-likeness (QED) is 0.858. The second kappa shape index (κ2) is 7.29. The van der Waals surface area contributed by atoms with Crippen LogP contribution in [0, 0.1) is 0 Å². The number of aliphatic hydroxyl groups is 1. The fourth-order valence-electron chi connectivity index (χ4n) is 1.93. The Hall–Kier alpha value is -1.55. The summed E-state index contributed by atoms with van der Waals surface area (Å²) in [6.45, 7) is 0.545. The SMILES string of the molecule is NC(CCO)c1ccc(OCc2ccccc2)cc1Cl.